The van der Waals surface area contributed by atoms with Crippen molar-refractivity contribution in [2.75, 3.05) is 13.7 Å². The number of rotatable bonds is 4. The highest BCUT2D eigenvalue weighted by atomic mass is 16.5. The summed E-state index contributed by atoms with van der Waals surface area (Å²) in [5.74, 6) is 0.835. The first-order valence-electron chi connectivity index (χ1n) is 5.64. The molecule has 4 nitrogen and oxygen atoms in total. The molecule has 0 aliphatic rings. The molecule has 0 saturated carbocycles. The molecule has 0 spiro atoms. The van der Waals surface area contributed by atoms with Crippen LogP contribution in [0.2, 0.25) is 0 Å². The van der Waals surface area contributed by atoms with Crippen molar-refractivity contribution < 1.29 is 4.74 Å². The molecular weight excluding hydrogens is 214 g/mol. The Balaban J connectivity index is 2.44. The highest BCUT2D eigenvalue weighted by molar-refractivity contribution is 5.65. The van der Waals surface area contributed by atoms with Crippen LogP contribution in [0.1, 0.15) is 11.3 Å². The van der Waals surface area contributed by atoms with Crippen LogP contribution in [0.15, 0.2) is 24.3 Å². The monoisotopic (exact) mass is 231 g/mol. The van der Waals surface area contributed by atoms with Gasteiger partial charge in [-0.05, 0) is 32.0 Å². The summed E-state index contributed by atoms with van der Waals surface area (Å²) < 4.78 is 5.22. The highest BCUT2D eigenvalue weighted by Crippen LogP contribution is 2.26. The highest BCUT2D eigenvalue weighted by Gasteiger charge is 2.11. The number of nitrogens with one attached hydrogen (secondary N) is 1. The van der Waals surface area contributed by atoms with Crippen LogP contribution >= 0.6 is 0 Å². The number of aromatic amines is 1. The van der Waals surface area contributed by atoms with Crippen molar-refractivity contribution in [2.45, 2.75) is 13.3 Å². The molecule has 0 atom stereocenters. The number of methoxy groups -OCH3 is 1. The third-order valence-corrected chi connectivity index (χ3v) is 2.81. The van der Waals surface area contributed by atoms with Gasteiger partial charge in [0.15, 0.2) is 0 Å². The second-order valence-corrected chi connectivity index (χ2v) is 3.95. The minimum Gasteiger partial charge on any atom is -0.497 e. The normalized spacial score (nSPS) is 10.5. The fraction of sp³-hybridized carbons (Fsp3) is 0.308. The van der Waals surface area contributed by atoms with Crippen LogP contribution in [0.4, 0.5) is 0 Å². The van der Waals surface area contributed by atoms with Crippen LogP contribution < -0.4 is 10.5 Å². The van der Waals surface area contributed by atoms with Crippen molar-refractivity contribution in [1.29, 1.82) is 0 Å². The maximum absolute atomic E-state index is 5.63. The van der Waals surface area contributed by atoms with E-state index < -0.39 is 0 Å². The Bertz CT molecular complexity index is 505. The van der Waals surface area contributed by atoms with Gasteiger partial charge in [-0.2, -0.15) is 5.10 Å². The maximum atomic E-state index is 5.63. The molecule has 0 bridgehead atoms. The van der Waals surface area contributed by atoms with Gasteiger partial charge in [-0.25, -0.2) is 0 Å². The Morgan fingerprint density at radius 1 is 1.41 bits per heavy atom. The standard InChI is InChI=1S/C13H17N3O/c1-9-12(6-7-14)13(16-15-9)10-4-3-5-11(8-10)17-2/h3-5,8H,6-7,14H2,1-2H3,(H,15,16). The van der Waals surface area contributed by atoms with Gasteiger partial charge in [0.2, 0.25) is 0 Å². The van der Waals surface area contributed by atoms with E-state index in [4.69, 9.17) is 10.5 Å². The SMILES string of the molecule is COc1cccc(-c2n[nH]c(C)c2CCN)c1. The van der Waals surface area contributed by atoms with Crippen LogP contribution in [0.3, 0.4) is 0 Å². The summed E-state index contributed by atoms with van der Waals surface area (Å²) in [7, 11) is 1.66. The van der Waals surface area contributed by atoms with E-state index in [0.717, 1.165) is 29.1 Å². The van der Waals surface area contributed by atoms with Crippen LogP contribution in [0.25, 0.3) is 11.3 Å². The van der Waals surface area contributed by atoms with Crippen LogP contribution in [0.5, 0.6) is 5.75 Å². The molecule has 2 aromatic rings. The summed E-state index contributed by atoms with van der Waals surface area (Å²) in [4.78, 5) is 0. The fourth-order valence-corrected chi connectivity index (χ4v) is 1.91. The number of H-pyrrole nitrogens is 1. The Labute approximate surface area is 101 Å². The van der Waals surface area contributed by atoms with Gasteiger partial charge in [0, 0.05) is 16.8 Å². The molecule has 2 rings (SSSR count). The topological polar surface area (TPSA) is 63.9 Å². The third-order valence-electron chi connectivity index (χ3n) is 2.81. The second kappa shape index (κ2) is 5.01. The van der Waals surface area contributed by atoms with E-state index in [2.05, 4.69) is 10.2 Å². The molecule has 1 aromatic heterocycles. The van der Waals surface area contributed by atoms with Crippen molar-refractivity contribution in [1.82, 2.24) is 10.2 Å². The number of aromatic nitrogens is 2. The van der Waals surface area contributed by atoms with Gasteiger partial charge in [-0.3, -0.25) is 5.10 Å². The van der Waals surface area contributed by atoms with Gasteiger partial charge < -0.3 is 10.5 Å². The zero-order valence-corrected chi connectivity index (χ0v) is 10.2. The lowest BCUT2D eigenvalue weighted by Crippen LogP contribution is -2.04. The quantitative estimate of drug-likeness (QED) is 0.844. The van der Waals surface area contributed by atoms with Gasteiger partial charge in [0.25, 0.3) is 0 Å². The van der Waals surface area contributed by atoms with E-state index in [9.17, 15) is 0 Å². The molecule has 1 aromatic carbocycles. The van der Waals surface area contributed by atoms with Gasteiger partial charge in [0.1, 0.15) is 5.75 Å². The Morgan fingerprint density at radius 2 is 2.24 bits per heavy atom. The number of ether oxygens (including phenoxy) is 1. The van der Waals surface area contributed by atoms with Gasteiger partial charge >= 0.3 is 0 Å². The number of benzene rings is 1. The smallest absolute Gasteiger partial charge is 0.119 e. The average Bonchev–Trinajstić information content (AvgIpc) is 2.72. The fourth-order valence-electron chi connectivity index (χ4n) is 1.91. The van der Waals surface area contributed by atoms with Crippen molar-refractivity contribution in [3.63, 3.8) is 0 Å². The van der Waals surface area contributed by atoms with Crippen molar-refractivity contribution in [3.05, 3.63) is 35.5 Å². The molecule has 0 amide bonds. The lowest BCUT2D eigenvalue weighted by Gasteiger charge is -2.04. The molecule has 0 fully saturated rings. The molecule has 0 aliphatic heterocycles. The van der Waals surface area contributed by atoms with Crippen molar-refractivity contribution in [3.8, 4) is 17.0 Å². The largest absolute Gasteiger partial charge is 0.497 e. The molecule has 0 aliphatic carbocycles. The summed E-state index contributed by atoms with van der Waals surface area (Å²) in [5.41, 5.74) is 9.90. The third kappa shape index (κ3) is 2.31. The van der Waals surface area contributed by atoms with Gasteiger partial charge in [0.05, 0.1) is 12.8 Å². The molecule has 3 N–H and O–H groups in total. The van der Waals surface area contributed by atoms with E-state index in [-0.39, 0.29) is 0 Å². The zero-order valence-electron chi connectivity index (χ0n) is 10.2. The van der Waals surface area contributed by atoms with E-state index >= 15 is 0 Å². The predicted molar refractivity (Wildman–Crippen MR) is 68.1 cm³/mol. The average molecular weight is 231 g/mol. The molecular formula is C13H17N3O. The summed E-state index contributed by atoms with van der Waals surface area (Å²) in [6, 6.07) is 7.89. The minimum atomic E-state index is 0.622. The number of hydrogen-bond donors (Lipinski definition) is 2. The Kier molecular flexibility index (Phi) is 3.44. The van der Waals surface area contributed by atoms with Crippen LogP contribution in [-0.2, 0) is 6.42 Å². The zero-order chi connectivity index (χ0) is 12.3. The number of nitrogens with two attached hydrogens (primary N) is 1. The first-order chi connectivity index (χ1) is 8.26. The summed E-state index contributed by atoms with van der Waals surface area (Å²) in [6.07, 6.45) is 0.828. The molecule has 0 saturated heterocycles. The first kappa shape index (κ1) is 11.7. The van der Waals surface area contributed by atoms with E-state index in [1.807, 2.05) is 31.2 Å². The maximum Gasteiger partial charge on any atom is 0.119 e. The van der Waals surface area contributed by atoms with Crippen LogP contribution in [0, 0.1) is 6.92 Å². The van der Waals surface area contributed by atoms with Crippen molar-refractivity contribution in [2.24, 2.45) is 5.73 Å². The number of nitrogens with zero attached hydrogens (tertiary/aromatic N) is 1. The second-order valence-electron chi connectivity index (χ2n) is 3.95. The van der Waals surface area contributed by atoms with Crippen LogP contribution in [-0.4, -0.2) is 23.9 Å². The van der Waals surface area contributed by atoms with Crippen molar-refractivity contribution >= 4 is 0 Å². The summed E-state index contributed by atoms with van der Waals surface area (Å²) >= 11 is 0. The molecule has 0 radical (unpaired) electrons. The number of hydrogen-bond acceptors (Lipinski definition) is 3. The molecule has 4 heteroatoms. The first-order valence-corrected chi connectivity index (χ1v) is 5.64. The summed E-state index contributed by atoms with van der Waals surface area (Å²) in [5, 5.41) is 7.36. The van der Waals surface area contributed by atoms with E-state index in [0.29, 0.717) is 6.54 Å². The van der Waals surface area contributed by atoms with Gasteiger partial charge in [-0.15, -0.1) is 0 Å². The predicted octanol–water partition coefficient (Wildman–Crippen LogP) is 1.89. The number of aryl methyl sites for hydroxylation is 1. The van der Waals surface area contributed by atoms with Gasteiger partial charge in [-0.1, -0.05) is 12.1 Å². The minimum absolute atomic E-state index is 0.622. The summed E-state index contributed by atoms with van der Waals surface area (Å²) in [6.45, 7) is 2.64. The van der Waals surface area contributed by atoms with E-state index in [1.54, 1.807) is 7.11 Å². The lowest BCUT2D eigenvalue weighted by atomic mass is 10.0. The molecule has 17 heavy (non-hydrogen) atoms. The Hall–Kier alpha value is -1.81. The van der Waals surface area contributed by atoms with E-state index in [1.165, 1.54) is 5.56 Å². The molecule has 0 unspecified atom stereocenters. The molecule has 1 heterocycles. The lowest BCUT2D eigenvalue weighted by molar-refractivity contribution is 0.415. The Morgan fingerprint density at radius 3 is 2.94 bits per heavy atom. The molecule has 90 valence electrons.